The maximum atomic E-state index is 11.0. The van der Waals surface area contributed by atoms with E-state index in [0.717, 1.165) is 0 Å². The molecule has 0 saturated carbocycles. The molecule has 0 amide bonds. The summed E-state index contributed by atoms with van der Waals surface area (Å²) in [5.41, 5.74) is 6.50. The number of carboxylic acid groups (broad SMARTS) is 1. The Morgan fingerprint density at radius 1 is 1.20 bits per heavy atom. The SMILES string of the molecule is Nc1ccc(C(=O)O)c2cc(Cl)ccc12. The lowest BCUT2D eigenvalue weighted by Crippen LogP contribution is -1.99. The van der Waals surface area contributed by atoms with Crippen molar-refractivity contribution < 1.29 is 9.90 Å². The smallest absolute Gasteiger partial charge is 0.336 e. The molecule has 2 aromatic carbocycles. The molecule has 0 atom stereocenters. The van der Waals surface area contributed by atoms with Crippen molar-refractivity contribution in [3.8, 4) is 0 Å². The van der Waals surface area contributed by atoms with E-state index in [1.54, 1.807) is 24.3 Å². The van der Waals surface area contributed by atoms with Gasteiger partial charge < -0.3 is 10.8 Å². The standard InChI is InChI=1S/C11H8ClNO2/c12-6-1-2-7-9(5-6)8(11(14)15)3-4-10(7)13/h1-5H,13H2,(H,14,15). The highest BCUT2D eigenvalue weighted by Gasteiger charge is 2.10. The van der Waals surface area contributed by atoms with E-state index in [1.165, 1.54) is 6.07 Å². The quantitative estimate of drug-likeness (QED) is 0.728. The first-order chi connectivity index (χ1) is 7.09. The molecule has 0 spiro atoms. The number of carbonyl (C=O) groups is 1. The molecule has 0 aliphatic rings. The summed E-state index contributed by atoms with van der Waals surface area (Å²) < 4.78 is 0. The number of benzene rings is 2. The third-order valence-electron chi connectivity index (χ3n) is 2.24. The summed E-state index contributed by atoms with van der Waals surface area (Å²) in [5, 5.41) is 10.7. The molecule has 0 radical (unpaired) electrons. The van der Waals surface area contributed by atoms with Crippen LogP contribution in [0.15, 0.2) is 30.3 Å². The van der Waals surface area contributed by atoms with Gasteiger partial charge in [0.05, 0.1) is 5.56 Å². The molecule has 0 bridgehead atoms. The second-order valence-electron chi connectivity index (χ2n) is 3.20. The number of halogens is 1. The van der Waals surface area contributed by atoms with Crippen LogP contribution in [0.1, 0.15) is 10.4 Å². The Labute approximate surface area is 91.1 Å². The first kappa shape index (κ1) is 9.80. The van der Waals surface area contributed by atoms with Gasteiger partial charge in [-0.25, -0.2) is 4.79 Å². The van der Waals surface area contributed by atoms with Crippen LogP contribution >= 0.6 is 11.6 Å². The average molecular weight is 222 g/mol. The molecule has 3 nitrogen and oxygen atoms in total. The molecule has 3 N–H and O–H groups in total. The summed E-state index contributed by atoms with van der Waals surface area (Å²) in [7, 11) is 0. The van der Waals surface area contributed by atoms with Crippen LogP contribution in [0.5, 0.6) is 0 Å². The first-order valence-electron chi connectivity index (χ1n) is 4.30. The molecule has 0 aliphatic carbocycles. The van der Waals surface area contributed by atoms with Crippen molar-refractivity contribution in [3.63, 3.8) is 0 Å². The number of anilines is 1. The number of hydrogen-bond donors (Lipinski definition) is 2. The van der Waals surface area contributed by atoms with Crippen LogP contribution in [-0.4, -0.2) is 11.1 Å². The van der Waals surface area contributed by atoms with Crippen LogP contribution in [0.3, 0.4) is 0 Å². The highest BCUT2D eigenvalue weighted by Crippen LogP contribution is 2.27. The summed E-state index contributed by atoms with van der Waals surface area (Å²) in [6.45, 7) is 0. The second kappa shape index (κ2) is 3.44. The lowest BCUT2D eigenvalue weighted by Gasteiger charge is -2.05. The Morgan fingerprint density at radius 2 is 1.93 bits per heavy atom. The van der Waals surface area contributed by atoms with Gasteiger partial charge in [-0.05, 0) is 29.7 Å². The van der Waals surface area contributed by atoms with Crippen LogP contribution in [0.4, 0.5) is 5.69 Å². The van der Waals surface area contributed by atoms with Crippen molar-refractivity contribution in [2.24, 2.45) is 0 Å². The Bertz CT molecular complexity index is 552. The predicted molar refractivity (Wildman–Crippen MR) is 60.3 cm³/mol. The predicted octanol–water partition coefficient (Wildman–Crippen LogP) is 2.77. The maximum absolute atomic E-state index is 11.0. The van der Waals surface area contributed by atoms with Gasteiger partial charge in [-0.2, -0.15) is 0 Å². The van der Waals surface area contributed by atoms with E-state index in [-0.39, 0.29) is 5.56 Å². The molecule has 2 aromatic rings. The Morgan fingerprint density at radius 3 is 2.60 bits per heavy atom. The Hall–Kier alpha value is -1.74. The largest absolute Gasteiger partial charge is 0.478 e. The number of fused-ring (bicyclic) bond motifs is 1. The number of nitrogens with two attached hydrogens (primary N) is 1. The number of carboxylic acids is 1. The van der Waals surface area contributed by atoms with Gasteiger partial charge in [0.25, 0.3) is 0 Å². The van der Waals surface area contributed by atoms with Gasteiger partial charge in [-0.15, -0.1) is 0 Å². The average Bonchev–Trinajstić information content (AvgIpc) is 2.17. The van der Waals surface area contributed by atoms with E-state index in [0.29, 0.717) is 21.5 Å². The lowest BCUT2D eigenvalue weighted by molar-refractivity contribution is 0.0699. The number of aromatic carboxylic acids is 1. The normalized spacial score (nSPS) is 10.5. The van der Waals surface area contributed by atoms with E-state index in [1.807, 2.05) is 0 Å². The fraction of sp³-hybridized carbons (Fsp3) is 0. The van der Waals surface area contributed by atoms with Gasteiger partial charge in [-0.3, -0.25) is 0 Å². The zero-order chi connectivity index (χ0) is 11.0. The molecule has 0 aromatic heterocycles. The minimum Gasteiger partial charge on any atom is -0.478 e. The summed E-state index contributed by atoms with van der Waals surface area (Å²) in [5.74, 6) is -0.984. The van der Waals surface area contributed by atoms with Gasteiger partial charge in [0.2, 0.25) is 0 Å². The molecule has 76 valence electrons. The van der Waals surface area contributed by atoms with Crippen molar-refractivity contribution in [3.05, 3.63) is 40.9 Å². The first-order valence-corrected chi connectivity index (χ1v) is 4.68. The molecule has 0 heterocycles. The molecular weight excluding hydrogens is 214 g/mol. The van der Waals surface area contributed by atoms with Crippen LogP contribution in [-0.2, 0) is 0 Å². The van der Waals surface area contributed by atoms with Crippen molar-refractivity contribution in [1.29, 1.82) is 0 Å². The fourth-order valence-corrected chi connectivity index (χ4v) is 1.70. The van der Waals surface area contributed by atoms with Crippen LogP contribution in [0, 0.1) is 0 Å². The van der Waals surface area contributed by atoms with Crippen LogP contribution < -0.4 is 5.73 Å². The third-order valence-corrected chi connectivity index (χ3v) is 2.48. The van der Waals surface area contributed by atoms with Crippen LogP contribution in [0.2, 0.25) is 5.02 Å². The molecule has 15 heavy (non-hydrogen) atoms. The molecule has 2 rings (SSSR count). The van der Waals surface area contributed by atoms with Gasteiger partial charge >= 0.3 is 5.97 Å². The summed E-state index contributed by atoms with van der Waals surface area (Å²) >= 11 is 5.81. The lowest BCUT2D eigenvalue weighted by atomic mass is 10.0. The Kier molecular flexibility index (Phi) is 2.25. The van der Waals surface area contributed by atoms with Crippen molar-refractivity contribution in [2.75, 3.05) is 5.73 Å². The highest BCUT2D eigenvalue weighted by atomic mass is 35.5. The van der Waals surface area contributed by atoms with E-state index in [9.17, 15) is 4.79 Å². The maximum Gasteiger partial charge on any atom is 0.336 e. The summed E-state index contributed by atoms with van der Waals surface area (Å²) in [4.78, 5) is 11.0. The minimum absolute atomic E-state index is 0.210. The molecule has 4 heteroatoms. The van der Waals surface area contributed by atoms with Crippen LogP contribution in [0.25, 0.3) is 10.8 Å². The summed E-state index contributed by atoms with van der Waals surface area (Å²) in [6, 6.07) is 8.08. The van der Waals surface area contributed by atoms with Crippen molar-refractivity contribution in [2.45, 2.75) is 0 Å². The monoisotopic (exact) mass is 221 g/mol. The molecule has 0 fully saturated rings. The zero-order valence-electron chi connectivity index (χ0n) is 7.70. The zero-order valence-corrected chi connectivity index (χ0v) is 8.45. The van der Waals surface area contributed by atoms with Crippen molar-refractivity contribution in [1.82, 2.24) is 0 Å². The number of hydrogen-bond acceptors (Lipinski definition) is 2. The molecular formula is C11H8ClNO2. The Balaban J connectivity index is 2.90. The molecule has 0 aliphatic heterocycles. The van der Waals surface area contributed by atoms with E-state index >= 15 is 0 Å². The topological polar surface area (TPSA) is 63.3 Å². The van der Waals surface area contributed by atoms with E-state index < -0.39 is 5.97 Å². The van der Waals surface area contributed by atoms with Gasteiger partial charge in [-0.1, -0.05) is 17.7 Å². The summed E-state index contributed by atoms with van der Waals surface area (Å²) in [6.07, 6.45) is 0. The van der Waals surface area contributed by atoms with Gasteiger partial charge in [0.1, 0.15) is 0 Å². The fourth-order valence-electron chi connectivity index (χ4n) is 1.53. The molecule has 0 unspecified atom stereocenters. The number of nitrogen functional groups attached to an aromatic ring is 1. The number of rotatable bonds is 1. The second-order valence-corrected chi connectivity index (χ2v) is 3.63. The third kappa shape index (κ3) is 1.62. The van der Waals surface area contributed by atoms with E-state index in [4.69, 9.17) is 22.4 Å². The highest BCUT2D eigenvalue weighted by molar-refractivity contribution is 6.31. The van der Waals surface area contributed by atoms with E-state index in [2.05, 4.69) is 0 Å². The van der Waals surface area contributed by atoms with Gasteiger partial charge in [0.15, 0.2) is 0 Å². The molecule has 0 saturated heterocycles. The minimum atomic E-state index is -0.984. The van der Waals surface area contributed by atoms with Gasteiger partial charge in [0, 0.05) is 16.1 Å². The van der Waals surface area contributed by atoms with Crippen molar-refractivity contribution >= 4 is 34.0 Å².